The molecule has 0 radical (unpaired) electrons. The van der Waals surface area contributed by atoms with Gasteiger partial charge in [0.1, 0.15) is 0 Å². The minimum atomic E-state index is 0.484. The Kier molecular flexibility index (Phi) is 3.79. The highest BCUT2D eigenvalue weighted by Crippen LogP contribution is 2.34. The van der Waals surface area contributed by atoms with Crippen LogP contribution in [0, 0.1) is 18.6 Å². The third-order valence-corrected chi connectivity index (χ3v) is 5.79. The van der Waals surface area contributed by atoms with E-state index in [4.69, 9.17) is 12.2 Å². The molecular formula is C16H19N5S2. The molecule has 3 aromatic rings. The predicted molar refractivity (Wildman–Crippen MR) is 94.3 cm³/mol. The highest BCUT2D eigenvalue weighted by Gasteiger charge is 2.27. The number of hydrogen-bond donors (Lipinski definition) is 0. The molecule has 1 saturated heterocycles. The third-order valence-electron chi connectivity index (χ3n) is 4.42. The van der Waals surface area contributed by atoms with Gasteiger partial charge in [-0.05, 0) is 56.4 Å². The monoisotopic (exact) mass is 345 g/mol. The molecule has 4 heterocycles. The number of aromatic nitrogens is 4. The van der Waals surface area contributed by atoms with Gasteiger partial charge in [0.2, 0.25) is 4.77 Å². The Bertz CT molecular complexity index is 893. The van der Waals surface area contributed by atoms with Crippen LogP contribution in [0.3, 0.4) is 0 Å². The molecular weight excluding hydrogens is 326 g/mol. The van der Waals surface area contributed by atoms with Gasteiger partial charge < -0.3 is 0 Å². The minimum absolute atomic E-state index is 0.484. The fourth-order valence-corrected chi connectivity index (χ4v) is 4.62. The first-order chi connectivity index (χ1) is 11.1. The van der Waals surface area contributed by atoms with Crippen LogP contribution in [0.1, 0.15) is 35.1 Å². The molecule has 0 saturated carbocycles. The molecule has 0 N–H and O–H groups in total. The van der Waals surface area contributed by atoms with Crippen molar-refractivity contribution in [3.8, 4) is 0 Å². The number of aryl methyl sites for hydroxylation is 2. The second-order valence-electron chi connectivity index (χ2n) is 6.08. The Hall–Kier alpha value is -1.57. The van der Waals surface area contributed by atoms with Gasteiger partial charge in [-0.3, -0.25) is 9.30 Å². The maximum Gasteiger partial charge on any atom is 0.254 e. The van der Waals surface area contributed by atoms with Gasteiger partial charge in [-0.2, -0.15) is 0 Å². The maximum absolute atomic E-state index is 5.63. The van der Waals surface area contributed by atoms with Crippen LogP contribution in [0.4, 0.5) is 0 Å². The van der Waals surface area contributed by atoms with E-state index in [1.807, 2.05) is 40.3 Å². The largest absolute Gasteiger partial charge is 0.276 e. The lowest BCUT2D eigenvalue weighted by Crippen LogP contribution is -2.26. The van der Waals surface area contributed by atoms with Gasteiger partial charge in [0.25, 0.3) is 5.78 Å². The van der Waals surface area contributed by atoms with Crippen LogP contribution in [-0.4, -0.2) is 30.6 Å². The van der Waals surface area contributed by atoms with E-state index in [1.165, 1.54) is 17.7 Å². The van der Waals surface area contributed by atoms with Crippen molar-refractivity contribution in [2.24, 2.45) is 0 Å². The Balaban J connectivity index is 1.69. The Labute approximate surface area is 144 Å². The van der Waals surface area contributed by atoms with Gasteiger partial charge in [-0.1, -0.05) is 6.07 Å². The van der Waals surface area contributed by atoms with Crippen molar-refractivity contribution in [3.05, 3.63) is 44.6 Å². The molecule has 0 bridgehead atoms. The summed E-state index contributed by atoms with van der Waals surface area (Å²) < 4.78 is 4.59. The first kappa shape index (κ1) is 15.0. The molecule has 0 spiro atoms. The molecule has 23 heavy (non-hydrogen) atoms. The third kappa shape index (κ3) is 2.62. The van der Waals surface area contributed by atoms with Crippen LogP contribution < -0.4 is 0 Å². The molecule has 3 aromatic heterocycles. The zero-order valence-electron chi connectivity index (χ0n) is 13.3. The normalized spacial score (nSPS) is 19.0. The molecule has 120 valence electrons. The standard InChI is InChI=1S/C16H19N5S2/c1-11-9-12(2)21-15(17-11)18-20(16(21)22)10-19-7-3-5-13(19)14-6-4-8-23-14/h4,6,8-9,13H,3,5,7,10H2,1-2H3/t13-/m0/s1. The van der Waals surface area contributed by atoms with Gasteiger partial charge >= 0.3 is 0 Å². The maximum atomic E-state index is 5.63. The summed E-state index contributed by atoms with van der Waals surface area (Å²) in [6.07, 6.45) is 2.43. The van der Waals surface area contributed by atoms with Crippen LogP contribution >= 0.6 is 23.6 Å². The topological polar surface area (TPSA) is 38.4 Å². The van der Waals surface area contributed by atoms with Gasteiger partial charge in [0.15, 0.2) is 0 Å². The van der Waals surface area contributed by atoms with Gasteiger partial charge in [-0.25, -0.2) is 9.67 Å². The van der Waals surface area contributed by atoms with Crippen molar-refractivity contribution in [3.63, 3.8) is 0 Å². The minimum Gasteiger partial charge on any atom is -0.276 e. The van der Waals surface area contributed by atoms with Crippen molar-refractivity contribution in [1.82, 2.24) is 24.1 Å². The van der Waals surface area contributed by atoms with Crippen molar-refractivity contribution in [1.29, 1.82) is 0 Å². The SMILES string of the molecule is Cc1cc(C)n2c(=S)n(CN3CCC[C@H]3c3cccs3)nc2n1. The molecule has 1 aliphatic rings. The fourth-order valence-electron chi connectivity index (χ4n) is 3.40. The second-order valence-corrected chi connectivity index (χ2v) is 7.43. The van der Waals surface area contributed by atoms with E-state index in [-0.39, 0.29) is 0 Å². The van der Waals surface area contributed by atoms with Crippen LogP contribution in [-0.2, 0) is 6.67 Å². The average molecular weight is 345 g/mol. The van der Waals surface area contributed by atoms with Gasteiger partial charge in [0, 0.05) is 28.9 Å². The Morgan fingerprint density at radius 3 is 3.04 bits per heavy atom. The zero-order valence-corrected chi connectivity index (χ0v) is 14.9. The number of rotatable bonds is 3. The van der Waals surface area contributed by atoms with E-state index in [0.29, 0.717) is 11.8 Å². The number of nitrogens with zero attached hydrogens (tertiary/aromatic N) is 5. The molecule has 0 aliphatic carbocycles. The first-order valence-corrected chi connectivity index (χ1v) is 9.13. The quantitative estimate of drug-likeness (QED) is 0.678. The lowest BCUT2D eigenvalue weighted by atomic mass is 10.2. The van der Waals surface area contributed by atoms with E-state index in [1.54, 1.807) is 0 Å². The summed E-state index contributed by atoms with van der Waals surface area (Å²) in [7, 11) is 0. The van der Waals surface area contributed by atoms with Crippen LogP contribution in [0.5, 0.6) is 0 Å². The average Bonchev–Trinajstić information content (AvgIpc) is 3.20. The molecule has 5 nitrogen and oxygen atoms in total. The summed E-state index contributed by atoms with van der Waals surface area (Å²) in [4.78, 5) is 8.41. The van der Waals surface area contributed by atoms with E-state index in [2.05, 4.69) is 32.5 Å². The summed E-state index contributed by atoms with van der Waals surface area (Å²) in [5, 5.41) is 6.79. The van der Waals surface area contributed by atoms with Crippen molar-refractivity contribution >= 4 is 29.3 Å². The molecule has 4 rings (SSSR count). The molecule has 1 aliphatic heterocycles. The van der Waals surface area contributed by atoms with Crippen molar-refractivity contribution < 1.29 is 0 Å². The van der Waals surface area contributed by atoms with Crippen LogP contribution in [0.2, 0.25) is 0 Å². The molecule has 0 aromatic carbocycles. The lowest BCUT2D eigenvalue weighted by molar-refractivity contribution is 0.192. The summed E-state index contributed by atoms with van der Waals surface area (Å²) in [5.74, 6) is 0.694. The number of likely N-dealkylation sites (tertiary alicyclic amines) is 1. The summed E-state index contributed by atoms with van der Waals surface area (Å²) in [6, 6.07) is 6.88. The predicted octanol–water partition coefficient (Wildman–Crippen LogP) is 3.73. The molecule has 1 atom stereocenters. The summed E-state index contributed by atoms with van der Waals surface area (Å²) in [6.45, 7) is 5.85. The number of thiophene rings is 1. The van der Waals surface area contributed by atoms with Gasteiger partial charge in [0.05, 0.1) is 6.67 Å². The van der Waals surface area contributed by atoms with Crippen molar-refractivity contribution in [2.75, 3.05) is 6.54 Å². The Morgan fingerprint density at radius 1 is 1.39 bits per heavy atom. The number of hydrogen-bond acceptors (Lipinski definition) is 5. The molecule has 7 heteroatoms. The van der Waals surface area contributed by atoms with Crippen molar-refractivity contribution in [2.45, 2.75) is 39.4 Å². The van der Waals surface area contributed by atoms with Crippen LogP contribution in [0.25, 0.3) is 5.78 Å². The second kappa shape index (κ2) is 5.81. The first-order valence-electron chi connectivity index (χ1n) is 7.85. The number of fused-ring (bicyclic) bond motifs is 1. The smallest absolute Gasteiger partial charge is 0.254 e. The van der Waals surface area contributed by atoms with E-state index in [0.717, 1.165) is 29.4 Å². The lowest BCUT2D eigenvalue weighted by Gasteiger charge is -2.23. The van der Waals surface area contributed by atoms with E-state index < -0.39 is 0 Å². The van der Waals surface area contributed by atoms with Crippen LogP contribution in [0.15, 0.2) is 23.6 Å². The van der Waals surface area contributed by atoms with E-state index >= 15 is 0 Å². The molecule has 1 fully saturated rings. The summed E-state index contributed by atoms with van der Waals surface area (Å²) >= 11 is 7.46. The zero-order chi connectivity index (χ0) is 16.0. The highest BCUT2D eigenvalue weighted by atomic mass is 32.1. The van der Waals surface area contributed by atoms with Gasteiger partial charge in [-0.15, -0.1) is 16.4 Å². The Morgan fingerprint density at radius 2 is 2.26 bits per heavy atom. The summed E-state index contributed by atoms with van der Waals surface area (Å²) in [5.41, 5.74) is 2.06. The molecule has 0 unspecified atom stereocenters. The fraction of sp³-hybridized carbons (Fsp3) is 0.438. The molecule has 0 amide bonds. The highest BCUT2D eigenvalue weighted by molar-refractivity contribution is 7.71. The van der Waals surface area contributed by atoms with E-state index in [9.17, 15) is 0 Å².